The van der Waals surface area contributed by atoms with Gasteiger partial charge in [0.25, 0.3) is 5.56 Å². The van der Waals surface area contributed by atoms with Crippen LogP contribution < -0.4 is 16.0 Å². The highest BCUT2D eigenvalue weighted by molar-refractivity contribution is 7.98. The molecule has 0 aromatic carbocycles. The molecule has 0 spiro atoms. The minimum atomic E-state index is -3.94. The standard InChI is InChI=1S/C13H17N3O4S3/c1-15-8-11(12(17)16(2)13(15)18)23(19,20)14-5-7-21-9-10-4-3-6-22-10/h3-4,6,8,14H,5,7,9H2,1-2H3. The van der Waals surface area contributed by atoms with Crippen LogP contribution in [-0.4, -0.2) is 29.8 Å². The molecule has 2 aromatic rings. The van der Waals surface area contributed by atoms with Crippen LogP contribution in [0.4, 0.5) is 0 Å². The van der Waals surface area contributed by atoms with Crippen molar-refractivity contribution in [1.82, 2.24) is 13.9 Å². The van der Waals surface area contributed by atoms with Crippen molar-refractivity contribution in [3.63, 3.8) is 0 Å². The second-order valence-electron chi connectivity index (χ2n) is 4.78. The van der Waals surface area contributed by atoms with E-state index in [1.807, 2.05) is 17.5 Å². The lowest BCUT2D eigenvalue weighted by Gasteiger charge is -2.09. The fraction of sp³-hybridized carbons (Fsp3) is 0.385. The third kappa shape index (κ3) is 4.34. The maximum absolute atomic E-state index is 12.2. The number of hydrogen-bond donors (Lipinski definition) is 1. The van der Waals surface area contributed by atoms with Gasteiger partial charge in [0, 0.05) is 43.2 Å². The van der Waals surface area contributed by atoms with Crippen LogP contribution in [-0.2, 0) is 29.9 Å². The van der Waals surface area contributed by atoms with Crippen LogP contribution >= 0.6 is 23.1 Å². The number of aromatic nitrogens is 2. The number of aryl methyl sites for hydroxylation is 1. The second kappa shape index (κ2) is 7.47. The van der Waals surface area contributed by atoms with Crippen LogP contribution in [0.25, 0.3) is 0 Å². The third-order valence-corrected chi connectivity index (χ3v) is 6.58. The number of thiophene rings is 1. The second-order valence-corrected chi connectivity index (χ2v) is 8.65. The molecule has 7 nitrogen and oxygen atoms in total. The molecule has 0 amide bonds. The van der Waals surface area contributed by atoms with Crippen molar-refractivity contribution in [1.29, 1.82) is 0 Å². The van der Waals surface area contributed by atoms with Gasteiger partial charge >= 0.3 is 5.69 Å². The van der Waals surface area contributed by atoms with E-state index in [0.717, 1.165) is 21.1 Å². The fourth-order valence-electron chi connectivity index (χ4n) is 1.85. The molecule has 2 rings (SSSR count). The van der Waals surface area contributed by atoms with E-state index in [2.05, 4.69) is 4.72 Å². The fourth-order valence-corrected chi connectivity index (χ4v) is 4.87. The number of nitrogens with one attached hydrogen (secondary N) is 1. The molecule has 0 aliphatic rings. The summed E-state index contributed by atoms with van der Waals surface area (Å²) in [6.45, 7) is 0.213. The average Bonchev–Trinajstić information content (AvgIpc) is 3.01. The zero-order chi connectivity index (χ0) is 17.0. The zero-order valence-corrected chi connectivity index (χ0v) is 15.1. The van der Waals surface area contributed by atoms with Crippen LogP contribution in [0.1, 0.15) is 4.88 Å². The third-order valence-electron chi connectivity index (χ3n) is 3.07. The Labute approximate surface area is 142 Å². The van der Waals surface area contributed by atoms with Crippen LogP contribution in [0.2, 0.25) is 0 Å². The molecule has 1 N–H and O–H groups in total. The summed E-state index contributed by atoms with van der Waals surface area (Å²) in [5.74, 6) is 1.41. The maximum atomic E-state index is 12.2. The minimum Gasteiger partial charge on any atom is -0.302 e. The molecular formula is C13H17N3O4S3. The van der Waals surface area contributed by atoms with Crippen LogP contribution in [0.3, 0.4) is 0 Å². The van der Waals surface area contributed by atoms with E-state index < -0.39 is 26.2 Å². The Morgan fingerprint density at radius 1 is 1.30 bits per heavy atom. The van der Waals surface area contributed by atoms with Gasteiger partial charge in [0.2, 0.25) is 10.0 Å². The Bertz CT molecular complexity index is 882. The summed E-state index contributed by atoms with van der Waals surface area (Å²) >= 11 is 3.26. The lowest BCUT2D eigenvalue weighted by atomic mass is 10.5. The van der Waals surface area contributed by atoms with Gasteiger partial charge in [-0.05, 0) is 11.4 Å². The summed E-state index contributed by atoms with van der Waals surface area (Å²) in [6.07, 6.45) is 1.05. The van der Waals surface area contributed by atoms with Crippen molar-refractivity contribution in [2.75, 3.05) is 12.3 Å². The van der Waals surface area contributed by atoms with E-state index in [9.17, 15) is 18.0 Å². The highest BCUT2D eigenvalue weighted by atomic mass is 32.2. The molecule has 126 valence electrons. The van der Waals surface area contributed by atoms with Crippen molar-refractivity contribution < 1.29 is 8.42 Å². The van der Waals surface area contributed by atoms with Crippen molar-refractivity contribution in [2.45, 2.75) is 10.6 Å². The molecule has 0 bridgehead atoms. The quantitative estimate of drug-likeness (QED) is 0.706. The van der Waals surface area contributed by atoms with Gasteiger partial charge in [0.15, 0.2) is 4.90 Å². The van der Waals surface area contributed by atoms with Crippen LogP contribution in [0, 0.1) is 0 Å². The summed E-state index contributed by atoms with van der Waals surface area (Å²) in [6, 6.07) is 3.99. The first-order valence-electron chi connectivity index (χ1n) is 6.69. The van der Waals surface area contributed by atoms with Crippen molar-refractivity contribution in [2.24, 2.45) is 14.1 Å². The highest BCUT2D eigenvalue weighted by Gasteiger charge is 2.20. The first-order chi connectivity index (χ1) is 10.8. The zero-order valence-electron chi connectivity index (χ0n) is 12.7. The predicted molar refractivity (Wildman–Crippen MR) is 92.6 cm³/mol. The van der Waals surface area contributed by atoms with Crippen LogP contribution in [0.5, 0.6) is 0 Å². The van der Waals surface area contributed by atoms with Gasteiger partial charge in [0.1, 0.15) is 0 Å². The normalized spacial score (nSPS) is 11.7. The molecule has 2 heterocycles. The molecule has 10 heteroatoms. The van der Waals surface area contributed by atoms with E-state index in [4.69, 9.17) is 0 Å². The number of nitrogens with zero attached hydrogens (tertiary/aromatic N) is 2. The van der Waals surface area contributed by atoms with Gasteiger partial charge in [-0.2, -0.15) is 11.8 Å². The molecule has 0 radical (unpaired) electrons. The van der Waals surface area contributed by atoms with Gasteiger partial charge in [-0.1, -0.05) is 6.07 Å². The predicted octanol–water partition coefficient (Wildman–Crippen LogP) is 0.357. The summed E-state index contributed by atoms with van der Waals surface area (Å²) in [5.41, 5.74) is -1.40. The maximum Gasteiger partial charge on any atom is 0.330 e. The largest absolute Gasteiger partial charge is 0.330 e. The molecule has 0 unspecified atom stereocenters. The number of sulfonamides is 1. The first-order valence-corrected chi connectivity index (χ1v) is 10.2. The highest BCUT2D eigenvalue weighted by Crippen LogP contribution is 2.16. The number of rotatable bonds is 7. The average molecular weight is 375 g/mol. The van der Waals surface area contributed by atoms with E-state index in [1.165, 1.54) is 19.0 Å². The van der Waals surface area contributed by atoms with Gasteiger partial charge in [-0.15, -0.1) is 11.3 Å². The monoisotopic (exact) mass is 375 g/mol. The summed E-state index contributed by atoms with van der Waals surface area (Å²) in [5, 5.41) is 1.99. The van der Waals surface area contributed by atoms with Gasteiger partial charge in [-0.25, -0.2) is 17.9 Å². The molecule has 0 atom stereocenters. The molecular weight excluding hydrogens is 358 g/mol. The van der Waals surface area contributed by atoms with Gasteiger partial charge < -0.3 is 4.57 Å². The summed E-state index contributed by atoms with van der Waals surface area (Å²) in [4.78, 5) is 24.3. The van der Waals surface area contributed by atoms with Crippen LogP contribution in [0.15, 0.2) is 38.2 Å². The SMILES string of the molecule is Cn1cc(S(=O)(=O)NCCSCc2cccs2)c(=O)n(C)c1=O. The van der Waals surface area contributed by atoms with E-state index in [-0.39, 0.29) is 6.54 Å². The molecule has 0 saturated carbocycles. The molecule has 2 aromatic heterocycles. The Morgan fingerprint density at radius 3 is 2.70 bits per heavy atom. The Balaban J connectivity index is 1.99. The van der Waals surface area contributed by atoms with Gasteiger partial charge in [-0.3, -0.25) is 9.36 Å². The van der Waals surface area contributed by atoms with Crippen molar-refractivity contribution >= 4 is 33.1 Å². The Morgan fingerprint density at radius 2 is 2.04 bits per heavy atom. The van der Waals surface area contributed by atoms with E-state index >= 15 is 0 Å². The van der Waals surface area contributed by atoms with Gasteiger partial charge in [0.05, 0.1) is 0 Å². The van der Waals surface area contributed by atoms with Crippen molar-refractivity contribution in [3.8, 4) is 0 Å². The summed E-state index contributed by atoms with van der Waals surface area (Å²) < 4.78 is 28.7. The Kier molecular flexibility index (Phi) is 5.84. The van der Waals surface area contributed by atoms with E-state index in [0.29, 0.717) is 5.75 Å². The topological polar surface area (TPSA) is 90.2 Å². The lowest BCUT2D eigenvalue weighted by Crippen LogP contribution is -2.41. The molecule has 0 aliphatic heterocycles. The number of thioether (sulfide) groups is 1. The smallest absolute Gasteiger partial charge is 0.302 e. The minimum absolute atomic E-state index is 0.213. The van der Waals surface area contributed by atoms with E-state index in [1.54, 1.807) is 23.1 Å². The number of hydrogen-bond acceptors (Lipinski definition) is 6. The lowest BCUT2D eigenvalue weighted by molar-refractivity contribution is 0.573. The van der Waals surface area contributed by atoms with Crippen molar-refractivity contribution in [3.05, 3.63) is 49.4 Å². The molecule has 0 aliphatic carbocycles. The molecule has 0 fully saturated rings. The first kappa shape index (κ1) is 18.0. The molecule has 23 heavy (non-hydrogen) atoms. The molecule has 0 saturated heterocycles. The Hall–Kier alpha value is -1.36. The summed E-state index contributed by atoms with van der Waals surface area (Å²) in [7, 11) is -1.29.